The van der Waals surface area contributed by atoms with Crippen molar-refractivity contribution >= 4 is 18.2 Å². The molecule has 8 atom stereocenters. The maximum Gasteiger partial charge on any atom is 0.306 e. The Balaban J connectivity index is 1.33. The van der Waals surface area contributed by atoms with E-state index in [1.807, 2.05) is 0 Å². The molecular weight excluding hydrogens is 548 g/mol. The highest BCUT2D eigenvalue weighted by Gasteiger charge is 2.60. The lowest BCUT2D eigenvalue weighted by atomic mass is 9.46. The Kier molecular flexibility index (Phi) is 12.2. The number of hydrogen-bond acceptors (Lipinski definition) is 4. The normalized spacial score (nSPS) is 35.3. The highest BCUT2D eigenvalue weighted by molar-refractivity contribution is 5.70. The van der Waals surface area contributed by atoms with Crippen LogP contribution < -0.4 is 0 Å². The Morgan fingerprint density at radius 3 is 2.30 bits per heavy atom. The van der Waals surface area contributed by atoms with E-state index in [4.69, 9.17) is 9.84 Å². The number of carbonyl (C=O) groups is 3. The molecule has 5 nitrogen and oxygen atoms in total. The molecule has 1 unspecified atom stereocenters. The van der Waals surface area contributed by atoms with Gasteiger partial charge in [0.1, 0.15) is 11.9 Å². The van der Waals surface area contributed by atoms with Gasteiger partial charge in [-0.1, -0.05) is 91.2 Å². The smallest absolute Gasteiger partial charge is 0.306 e. The molecule has 3 fully saturated rings. The van der Waals surface area contributed by atoms with Crippen molar-refractivity contribution in [2.24, 2.45) is 46.3 Å². The van der Waals surface area contributed by atoms with Crippen LogP contribution >= 0.6 is 0 Å². The van der Waals surface area contributed by atoms with Gasteiger partial charge in [-0.15, -0.1) is 0 Å². The number of ether oxygens (including phenoxy) is 1. The first kappa shape index (κ1) is 35.2. The monoisotopic (exact) mass is 612 g/mol. The molecule has 0 bridgehead atoms. The Morgan fingerprint density at radius 2 is 1.61 bits per heavy atom. The van der Waals surface area contributed by atoms with Crippen LogP contribution in [0.1, 0.15) is 163 Å². The van der Waals surface area contributed by atoms with Gasteiger partial charge in [0.15, 0.2) is 0 Å². The molecule has 0 aromatic rings. The van der Waals surface area contributed by atoms with Crippen LogP contribution in [0, 0.1) is 46.3 Å². The molecule has 1 N–H and O–H groups in total. The minimum absolute atomic E-state index is 0.157. The summed E-state index contributed by atoms with van der Waals surface area (Å²) in [4.78, 5) is 35.5. The number of carbonyl (C=O) groups excluding carboxylic acids is 2. The first-order valence-electron chi connectivity index (χ1n) is 18.5. The molecule has 0 spiro atoms. The lowest BCUT2D eigenvalue weighted by molar-refractivity contribution is -0.166. The van der Waals surface area contributed by atoms with Crippen molar-refractivity contribution in [2.45, 2.75) is 169 Å². The SMILES string of the molecule is CC(C)CCC[C@@H](C)[C@H]1CC[C@H]2[C@@H]3CC=C4CC(CC=O)(OC(=O)CCCCCCCCC(=O)O)CC[C@]4(C)[C@H]3CC[C@]12C. The van der Waals surface area contributed by atoms with Crippen molar-refractivity contribution in [3.05, 3.63) is 11.6 Å². The van der Waals surface area contributed by atoms with E-state index in [0.29, 0.717) is 24.2 Å². The second-order valence-corrected chi connectivity index (χ2v) is 16.5. The van der Waals surface area contributed by atoms with E-state index in [9.17, 15) is 14.4 Å². The summed E-state index contributed by atoms with van der Waals surface area (Å²) in [5, 5.41) is 8.76. The number of hydrogen-bond donors (Lipinski definition) is 1. The van der Waals surface area contributed by atoms with Gasteiger partial charge in [-0.25, -0.2) is 0 Å². The summed E-state index contributed by atoms with van der Waals surface area (Å²) in [5.41, 5.74) is 1.41. The number of allylic oxidation sites excluding steroid dienone is 1. The van der Waals surface area contributed by atoms with Gasteiger partial charge >= 0.3 is 11.9 Å². The molecule has 0 aliphatic heterocycles. The van der Waals surface area contributed by atoms with Crippen LogP contribution in [0.25, 0.3) is 0 Å². The number of rotatable bonds is 17. The molecule has 250 valence electrons. The van der Waals surface area contributed by atoms with Crippen molar-refractivity contribution in [3.63, 3.8) is 0 Å². The van der Waals surface area contributed by atoms with Crippen molar-refractivity contribution in [1.29, 1.82) is 0 Å². The quantitative estimate of drug-likeness (QED) is 0.0765. The average molecular weight is 613 g/mol. The molecule has 0 aromatic heterocycles. The van der Waals surface area contributed by atoms with Crippen molar-refractivity contribution in [3.8, 4) is 0 Å². The number of unbranched alkanes of at least 4 members (excludes halogenated alkanes) is 5. The Morgan fingerprint density at radius 1 is 0.909 bits per heavy atom. The number of carboxylic acid groups (broad SMARTS) is 1. The van der Waals surface area contributed by atoms with Gasteiger partial charge < -0.3 is 14.6 Å². The van der Waals surface area contributed by atoms with Gasteiger partial charge in [0.2, 0.25) is 0 Å². The van der Waals surface area contributed by atoms with Gasteiger partial charge in [-0.05, 0) is 104 Å². The van der Waals surface area contributed by atoms with E-state index >= 15 is 0 Å². The van der Waals surface area contributed by atoms with E-state index in [1.165, 1.54) is 50.5 Å². The van der Waals surface area contributed by atoms with E-state index in [0.717, 1.165) is 100 Å². The Hall–Kier alpha value is -1.65. The summed E-state index contributed by atoms with van der Waals surface area (Å²) in [6.45, 7) is 12.4. The Labute approximate surface area is 268 Å². The first-order valence-corrected chi connectivity index (χ1v) is 18.5. The lowest BCUT2D eigenvalue weighted by Crippen LogP contribution is -2.53. The van der Waals surface area contributed by atoms with Crippen LogP contribution in [0.2, 0.25) is 0 Å². The molecule has 3 saturated carbocycles. The highest BCUT2D eigenvalue weighted by Crippen LogP contribution is 2.68. The summed E-state index contributed by atoms with van der Waals surface area (Å²) >= 11 is 0. The third-order valence-electron chi connectivity index (χ3n) is 13.2. The van der Waals surface area contributed by atoms with Gasteiger partial charge in [0.05, 0.1) is 0 Å². The maximum atomic E-state index is 13.0. The molecular formula is C39H64O5. The fraction of sp³-hybridized carbons (Fsp3) is 0.872. The van der Waals surface area contributed by atoms with E-state index in [-0.39, 0.29) is 17.8 Å². The second-order valence-electron chi connectivity index (χ2n) is 16.5. The molecule has 4 aliphatic rings. The highest BCUT2D eigenvalue weighted by atomic mass is 16.6. The largest absolute Gasteiger partial charge is 0.481 e. The van der Waals surface area contributed by atoms with Gasteiger partial charge in [0.25, 0.3) is 0 Å². The van der Waals surface area contributed by atoms with Crippen LogP contribution in [-0.4, -0.2) is 28.9 Å². The number of aliphatic carboxylic acids is 1. The fourth-order valence-corrected chi connectivity index (χ4v) is 10.7. The zero-order valence-corrected chi connectivity index (χ0v) is 28.8. The fourth-order valence-electron chi connectivity index (χ4n) is 10.7. The minimum atomic E-state index is -0.731. The standard InChI is InChI=1S/C39H64O5/c1-28(2)13-12-14-29(3)32-19-20-33-31-18-17-30-27-39(25-26-40,24-23-37(30,4)34(31)21-22-38(32,33)5)44-36(43)16-11-9-7-6-8-10-15-35(41)42/h17,26,28-29,31-34H,6-16,18-25,27H2,1-5H3,(H,41,42)/t29-,31+,32-,33+,34+,37+,38-,39?/m1/s1. The summed E-state index contributed by atoms with van der Waals surface area (Å²) in [5.74, 6) is 3.89. The molecule has 4 aliphatic carbocycles. The van der Waals surface area contributed by atoms with Gasteiger partial charge in [0, 0.05) is 25.7 Å². The maximum absolute atomic E-state index is 13.0. The predicted molar refractivity (Wildman–Crippen MR) is 177 cm³/mol. The average Bonchev–Trinajstić information content (AvgIpc) is 3.32. The summed E-state index contributed by atoms with van der Waals surface area (Å²) in [7, 11) is 0. The number of fused-ring (bicyclic) bond motifs is 5. The molecule has 4 rings (SSSR count). The molecule has 5 heteroatoms. The molecule has 0 heterocycles. The Bertz CT molecular complexity index is 1020. The van der Waals surface area contributed by atoms with Crippen LogP contribution in [0.3, 0.4) is 0 Å². The second kappa shape index (κ2) is 15.3. The summed E-state index contributed by atoms with van der Waals surface area (Å²) in [6, 6.07) is 0. The van der Waals surface area contributed by atoms with Gasteiger partial charge in [-0.3, -0.25) is 9.59 Å². The van der Waals surface area contributed by atoms with Crippen LogP contribution in [0.15, 0.2) is 11.6 Å². The van der Waals surface area contributed by atoms with E-state index in [1.54, 1.807) is 0 Å². The van der Waals surface area contributed by atoms with E-state index in [2.05, 4.69) is 40.7 Å². The molecule has 0 saturated heterocycles. The van der Waals surface area contributed by atoms with E-state index < -0.39 is 11.6 Å². The van der Waals surface area contributed by atoms with Crippen LogP contribution in [0.5, 0.6) is 0 Å². The minimum Gasteiger partial charge on any atom is -0.481 e. The number of carboxylic acids is 1. The van der Waals surface area contributed by atoms with Crippen molar-refractivity contribution in [2.75, 3.05) is 0 Å². The molecule has 0 amide bonds. The lowest BCUT2D eigenvalue weighted by Gasteiger charge is -2.59. The summed E-state index contributed by atoms with van der Waals surface area (Å²) in [6.07, 6.45) is 23.1. The zero-order chi connectivity index (χ0) is 32.0. The van der Waals surface area contributed by atoms with Crippen molar-refractivity contribution < 1.29 is 24.2 Å². The third kappa shape index (κ3) is 8.00. The van der Waals surface area contributed by atoms with Gasteiger partial charge in [-0.2, -0.15) is 0 Å². The molecule has 0 radical (unpaired) electrons. The zero-order valence-electron chi connectivity index (χ0n) is 28.8. The third-order valence-corrected chi connectivity index (χ3v) is 13.2. The van der Waals surface area contributed by atoms with Crippen LogP contribution in [-0.2, 0) is 19.1 Å². The molecule has 44 heavy (non-hydrogen) atoms. The predicted octanol–water partition coefficient (Wildman–Crippen LogP) is 10.1. The summed E-state index contributed by atoms with van der Waals surface area (Å²) < 4.78 is 6.22. The number of aldehydes is 1. The molecule has 0 aromatic carbocycles. The number of esters is 1. The first-order chi connectivity index (χ1) is 20.9. The van der Waals surface area contributed by atoms with Crippen LogP contribution in [0.4, 0.5) is 0 Å². The van der Waals surface area contributed by atoms with Crippen molar-refractivity contribution in [1.82, 2.24) is 0 Å². The topological polar surface area (TPSA) is 80.7 Å².